The van der Waals surface area contributed by atoms with Crippen molar-refractivity contribution in [3.63, 3.8) is 0 Å². The highest BCUT2D eigenvalue weighted by Gasteiger charge is 2.20. The van der Waals surface area contributed by atoms with Gasteiger partial charge in [0.2, 0.25) is 0 Å². The Balaban J connectivity index is 1.97. The maximum absolute atomic E-state index is 12.1. The molecular formula is C16H16BrNO2S. The highest BCUT2D eigenvalue weighted by atomic mass is 79.9. The number of hydrogen-bond acceptors (Lipinski definition) is 3. The Morgan fingerprint density at radius 2 is 2.14 bits per heavy atom. The Morgan fingerprint density at radius 3 is 2.86 bits per heavy atom. The predicted molar refractivity (Wildman–Crippen MR) is 88.8 cm³/mol. The second-order valence-electron chi connectivity index (χ2n) is 5.11. The minimum atomic E-state index is -0.0670. The van der Waals surface area contributed by atoms with Gasteiger partial charge < -0.3 is 10.1 Å². The summed E-state index contributed by atoms with van der Waals surface area (Å²) in [5.41, 5.74) is 2.98. The lowest BCUT2D eigenvalue weighted by atomic mass is 10.1. The number of nitrogens with one attached hydrogen (secondary N) is 1. The minimum absolute atomic E-state index is 0.0670. The van der Waals surface area contributed by atoms with E-state index in [9.17, 15) is 4.79 Å². The largest absolute Gasteiger partial charge is 0.491 e. The van der Waals surface area contributed by atoms with Gasteiger partial charge in [0.25, 0.3) is 5.91 Å². The van der Waals surface area contributed by atoms with Gasteiger partial charge >= 0.3 is 0 Å². The third-order valence-corrected chi connectivity index (χ3v) is 6.16. The lowest BCUT2D eigenvalue weighted by molar-refractivity contribution is 0.0957. The molecule has 0 saturated heterocycles. The van der Waals surface area contributed by atoms with Crippen molar-refractivity contribution < 1.29 is 9.53 Å². The number of hydrogen-bond donors (Lipinski definition) is 1. The number of thiophene rings is 1. The van der Waals surface area contributed by atoms with Crippen LogP contribution in [0, 0.1) is 13.8 Å². The summed E-state index contributed by atoms with van der Waals surface area (Å²) in [7, 11) is 0. The number of fused-ring (bicyclic) bond motifs is 1. The molecule has 21 heavy (non-hydrogen) atoms. The number of rotatable bonds is 2. The van der Waals surface area contributed by atoms with E-state index in [2.05, 4.69) is 41.2 Å². The molecule has 2 heterocycles. The first kappa shape index (κ1) is 14.6. The van der Waals surface area contributed by atoms with Crippen molar-refractivity contribution in [3.8, 4) is 5.75 Å². The predicted octanol–water partition coefficient (Wildman–Crippen LogP) is 3.97. The van der Waals surface area contributed by atoms with Gasteiger partial charge in [0, 0.05) is 9.75 Å². The number of ether oxygens (including phenoxy) is 1. The van der Waals surface area contributed by atoms with E-state index in [0.717, 1.165) is 5.56 Å². The van der Waals surface area contributed by atoms with Gasteiger partial charge in [-0.05, 0) is 43.2 Å². The fraction of sp³-hybridized carbons (Fsp3) is 0.312. The van der Waals surface area contributed by atoms with Crippen LogP contribution in [-0.4, -0.2) is 19.1 Å². The van der Waals surface area contributed by atoms with Crippen molar-refractivity contribution in [2.45, 2.75) is 18.7 Å². The maximum atomic E-state index is 12.1. The quantitative estimate of drug-likeness (QED) is 0.817. The molecule has 5 heteroatoms. The summed E-state index contributed by atoms with van der Waals surface area (Å²) in [4.78, 5) is 14.7. The van der Waals surface area contributed by atoms with Crippen LogP contribution in [0.2, 0.25) is 0 Å². The Hall–Kier alpha value is -1.33. The molecule has 0 radical (unpaired) electrons. The molecule has 1 aliphatic heterocycles. The summed E-state index contributed by atoms with van der Waals surface area (Å²) in [6, 6.07) is 8.01. The molecular weight excluding hydrogens is 350 g/mol. The van der Waals surface area contributed by atoms with Gasteiger partial charge in [0.1, 0.15) is 12.4 Å². The second-order valence-corrected chi connectivity index (χ2v) is 7.31. The van der Waals surface area contributed by atoms with E-state index in [1.54, 1.807) is 11.3 Å². The number of aryl methyl sites for hydroxylation is 2. The summed E-state index contributed by atoms with van der Waals surface area (Å²) in [5, 5.41) is 2.84. The molecule has 1 unspecified atom stereocenters. The van der Waals surface area contributed by atoms with Crippen LogP contribution < -0.4 is 10.1 Å². The molecule has 1 amide bonds. The number of carbonyl (C=O) groups excluding carboxylic acids is 1. The van der Waals surface area contributed by atoms with Crippen LogP contribution in [0.3, 0.4) is 0 Å². The maximum Gasteiger partial charge on any atom is 0.255 e. The van der Waals surface area contributed by atoms with Crippen molar-refractivity contribution in [3.05, 3.63) is 50.7 Å². The van der Waals surface area contributed by atoms with Crippen molar-refractivity contribution in [2.75, 3.05) is 13.2 Å². The molecule has 0 spiro atoms. The van der Waals surface area contributed by atoms with E-state index >= 15 is 0 Å². The van der Waals surface area contributed by atoms with Crippen LogP contribution in [0.1, 0.15) is 36.1 Å². The Morgan fingerprint density at radius 1 is 1.33 bits per heavy atom. The van der Waals surface area contributed by atoms with Crippen molar-refractivity contribution >= 4 is 33.2 Å². The molecule has 0 bridgehead atoms. The molecule has 3 nitrogen and oxygen atoms in total. The van der Waals surface area contributed by atoms with Crippen LogP contribution in [-0.2, 0) is 0 Å². The first-order chi connectivity index (χ1) is 10.1. The van der Waals surface area contributed by atoms with E-state index < -0.39 is 0 Å². The normalized spacial score (nSPS) is 15.7. The van der Waals surface area contributed by atoms with Crippen LogP contribution >= 0.6 is 27.3 Å². The molecule has 3 rings (SSSR count). The number of carbonyl (C=O) groups is 1. The van der Waals surface area contributed by atoms with Gasteiger partial charge in [-0.2, -0.15) is 0 Å². The Bertz CT molecular complexity index is 676. The third kappa shape index (κ3) is 2.85. The average Bonchev–Trinajstić information content (AvgIpc) is 2.70. The number of amides is 1. The van der Waals surface area contributed by atoms with Gasteiger partial charge in [0.05, 0.1) is 16.9 Å². The summed E-state index contributed by atoms with van der Waals surface area (Å²) >= 11 is 5.53. The average molecular weight is 366 g/mol. The lowest BCUT2D eigenvalue weighted by Crippen LogP contribution is -2.24. The molecule has 1 aromatic carbocycles. The topological polar surface area (TPSA) is 38.3 Å². The Labute approximate surface area is 136 Å². The second kappa shape index (κ2) is 5.81. The van der Waals surface area contributed by atoms with Gasteiger partial charge in [-0.25, -0.2) is 0 Å². The fourth-order valence-electron chi connectivity index (χ4n) is 2.32. The van der Waals surface area contributed by atoms with E-state index in [4.69, 9.17) is 4.74 Å². The molecule has 0 saturated carbocycles. The molecule has 1 aromatic heterocycles. The van der Waals surface area contributed by atoms with Crippen LogP contribution in [0.25, 0.3) is 0 Å². The molecule has 1 N–H and O–H groups in total. The van der Waals surface area contributed by atoms with E-state index in [1.807, 2.05) is 18.2 Å². The first-order valence-electron chi connectivity index (χ1n) is 6.82. The molecule has 2 aromatic rings. The first-order valence-corrected chi connectivity index (χ1v) is 8.55. The smallest absolute Gasteiger partial charge is 0.255 e. The minimum Gasteiger partial charge on any atom is -0.491 e. The van der Waals surface area contributed by atoms with Crippen molar-refractivity contribution in [2.24, 2.45) is 0 Å². The van der Waals surface area contributed by atoms with Crippen molar-refractivity contribution in [1.82, 2.24) is 5.32 Å². The van der Waals surface area contributed by atoms with Gasteiger partial charge in [-0.1, -0.05) is 22.0 Å². The zero-order valence-corrected chi connectivity index (χ0v) is 14.3. The molecule has 0 fully saturated rings. The van der Waals surface area contributed by atoms with Crippen LogP contribution in [0.4, 0.5) is 0 Å². The number of halogens is 1. The van der Waals surface area contributed by atoms with E-state index in [-0.39, 0.29) is 10.7 Å². The summed E-state index contributed by atoms with van der Waals surface area (Å²) in [6.45, 7) is 5.30. The summed E-state index contributed by atoms with van der Waals surface area (Å²) in [6.07, 6.45) is 0. The fourth-order valence-corrected chi connectivity index (χ4v) is 4.07. The standard InChI is InChI=1S/C16H16BrNO2S/c1-9-7-14(21-10(9)2)15(17)11-3-4-13-12(8-11)16(19)18-5-6-20-13/h3-4,7-8,15H,5-6H2,1-2H3,(H,18,19). The van der Waals surface area contributed by atoms with Gasteiger partial charge in [0.15, 0.2) is 0 Å². The van der Waals surface area contributed by atoms with E-state index in [1.165, 1.54) is 15.3 Å². The molecule has 1 aliphatic rings. The number of benzene rings is 1. The number of alkyl halides is 1. The van der Waals surface area contributed by atoms with Crippen molar-refractivity contribution in [1.29, 1.82) is 0 Å². The SMILES string of the molecule is Cc1cc(C(Br)c2ccc3c(c2)C(=O)NCCO3)sc1C. The van der Waals surface area contributed by atoms with Gasteiger partial charge in [-0.3, -0.25) is 4.79 Å². The molecule has 0 aliphatic carbocycles. The Kier molecular flexibility index (Phi) is 4.04. The van der Waals surface area contributed by atoms with E-state index in [0.29, 0.717) is 24.5 Å². The highest BCUT2D eigenvalue weighted by molar-refractivity contribution is 9.09. The van der Waals surface area contributed by atoms with Crippen LogP contribution in [0.5, 0.6) is 5.75 Å². The third-order valence-electron chi connectivity index (χ3n) is 3.62. The zero-order valence-electron chi connectivity index (χ0n) is 11.9. The highest BCUT2D eigenvalue weighted by Crippen LogP contribution is 2.38. The monoisotopic (exact) mass is 365 g/mol. The zero-order chi connectivity index (χ0) is 15.0. The van der Waals surface area contributed by atoms with Gasteiger partial charge in [-0.15, -0.1) is 11.3 Å². The molecule has 1 atom stereocenters. The lowest BCUT2D eigenvalue weighted by Gasteiger charge is -2.12. The summed E-state index contributed by atoms with van der Waals surface area (Å²) in [5.74, 6) is 0.592. The van der Waals surface area contributed by atoms with Crippen LogP contribution in [0.15, 0.2) is 24.3 Å². The summed E-state index contributed by atoms with van der Waals surface area (Å²) < 4.78 is 5.59. The molecule has 110 valence electrons.